The molecule has 0 saturated carbocycles. The lowest BCUT2D eigenvalue weighted by atomic mass is 10.2. The second-order valence-electron chi connectivity index (χ2n) is 4.18. The first-order valence-electron chi connectivity index (χ1n) is 5.97. The Morgan fingerprint density at radius 1 is 1.37 bits per heavy atom. The highest BCUT2D eigenvalue weighted by Gasteiger charge is 2.08. The first kappa shape index (κ1) is 13.7. The van der Waals surface area contributed by atoms with Crippen LogP contribution in [0.3, 0.4) is 0 Å². The molecule has 0 saturated heterocycles. The van der Waals surface area contributed by atoms with Crippen LogP contribution in [0, 0.1) is 5.82 Å². The Hall–Kier alpha value is -1.72. The monoisotopic (exact) mass is 278 g/mol. The third-order valence-corrected chi connectivity index (χ3v) is 3.70. The minimum absolute atomic E-state index is 0.123. The molecule has 1 aromatic carbocycles. The second-order valence-corrected chi connectivity index (χ2v) is 5.16. The average molecular weight is 278 g/mol. The summed E-state index contributed by atoms with van der Waals surface area (Å²) in [5, 5.41) is 7.77. The summed E-state index contributed by atoms with van der Waals surface area (Å²) < 4.78 is 13.0. The number of hydrogen-bond acceptors (Lipinski definition) is 3. The van der Waals surface area contributed by atoms with Crippen molar-refractivity contribution in [3.8, 4) is 0 Å². The van der Waals surface area contributed by atoms with E-state index < -0.39 is 0 Å². The molecule has 0 radical (unpaired) electrons. The van der Waals surface area contributed by atoms with Gasteiger partial charge < -0.3 is 10.6 Å². The zero-order chi connectivity index (χ0) is 13.7. The summed E-state index contributed by atoms with van der Waals surface area (Å²) in [4.78, 5) is 12.9. The van der Waals surface area contributed by atoms with E-state index in [1.807, 2.05) is 24.4 Å². The van der Waals surface area contributed by atoms with E-state index in [2.05, 4.69) is 10.6 Å². The Labute approximate surface area is 115 Å². The van der Waals surface area contributed by atoms with Gasteiger partial charge in [0.25, 0.3) is 0 Å². The van der Waals surface area contributed by atoms with Crippen LogP contribution < -0.4 is 10.6 Å². The van der Waals surface area contributed by atoms with Crippen molar-refractivity contribution in [1.29, 1.82) is 0 Å². The Bertz CT molecular complexity index is 542. The van der Waals surface area contributed by atoms with Crippen molar-refractivity contribution in [2.24, 2.45) is 0 Å². The quantitative estimate of drug-likeness (QED) is 0.882. The average Bonchev–Trinajstić information content (AvgIpc) is 2.90. The predicted octanol–water partition coefficient (Wildman–Crippen LogP) is 3.18. The topological polar surface area (TPSA) is 41.1 Å². The smallest absolute Gasteiger partial charge is 0.238 e. The molecule has 1 atom stereocenters. The minimum atomic E-state index is -0.363. The molecule has 19 heavy (non-hydrogen) atoms. The summed E-state index contributed by atoms with van der Waals surface area (Å²) in [5.41, 5.74) is 0.468. The lowest BCUT2D eigenvalue weighted by Crippen LogP contribution is -2.29. The fourth-order valence-corrected chi connectivity index (χ4v) is 2.41. The Kier molecular flexibility index (Phi) is 4.65. The number of nitrogens with one attached hydrogen (secondary N) is 2. The Morgan fingerprint density at radius 2 is 2.21 bits per heavy atom. The largest absolute Gasteiger partial charge is 0.325 e. The van der Waals surface area contributed by atoms with Gasteiger partial charge in [0.2, 0.25) is 5.91 Å². The van der Waals surface area contributed by atoms with Gasteiger partial charge in [-0.15, -0.1) is 11.3 Å². The molecule has 0 fully saturated rings. The third-order valence-electron chi connectivity index (χ3n) is 2.65. The summed E-state index contributed by atoms with van der Waals surface area (Å²) in [6.07, 6.45) is 0. The van der Waals surface area contributed by atoms with Crippen molar-refractivity contribution in [3.63, 3.8) is 0 Å². The number of thiophene rings is 1. The summed E-state index contributed by atoms with van der Waals surface area (Å²) in [6, 6.07) is 9.97. The van der Waals surface area contributed by atoms with Gasteiger partial charge in [0.05, 0.1) is 6.54 Å². The molecule has 1 heterocycles. The van der Waals surface area contributed by atoms with Crippen molar-refractivity contribution >= 4 is 22.9 Å². The number of carbonyl (C=O) groups excluding carboxylic acids is 1. The van der Waals surface area contributed by atoms with Gasteiger partial charge in [-0.3, -0.25) is 4.79 Å². The Morgan fingerprint density at radius 3 is 2.89 bits per heavy atom. The van der Waals surface area contributed by atoms with E-state index in [1.165, 1.54) is 17.0 Å². The van der Waals surface area contributed by atoms with Crippen LogP contribution in [0.5, 0.6) is 0 Å². The van der Waals surface area contributed by atoms with Crippen LogP contribution in [0.15, 0.2) is 41.8 Å². The summed E-state index contributed by atoms with van der Waals surface area (Å²) in [6.45, 7) is 2.19. The van der Waals surface area contributed by atoms with Crippen LogP contribution in [0.25, 0.3) is 0 Å². The number of carbonyl (C=O) groups is 1. The van der Waals surface area contributed by atoms with Crippen LogP contribution in [-0.2, 0) is 4.79 Å². The number of anilines is 1. The minimum Gasteiger partial charge on any atom is -0.325 e. The molecular weight excluding hydrogens is 263 g/mol. The molecule has 0 aliphatic carbocycles. The van der Waals surface area contributed by atoms with Crippen molar-refractivity contribution in [3.05, 3.63) is 52.5 Å². The zero-order valence-electron chi connectivity index (χ0n) is 10.5. The van der Waals surface area contributed by atoms with E-state index in [-0.39, 0.29) is 24.3 Å². The highest BCUT2D eigenvalue weighted by atomic mass is 32.1. The zero-order valence-corrected chi connectivity index (χ0v) is 11.3. The summed E-state index contributed by atoms with van der Waals surface area (Å²) in [5.74, 6) is -0.549. The number of benzene rings is 1. The summed E-state index contributed by atoms with van der Waals surface area (Å²) in [7, 11) is 0. The summed E-state index contributed by atoms with van der Waals surface area (Å²) >= 11 is 1.64. The van der Waals surface area contributed by atoms with E-state index in [0.717, 1.165) is 0 Å². The molecule has 0 bridgehead atoms. The molecule has 0 aliphatic rings. The molecule has 0 unspecified atom stereocenters. The maximum absolute atomic E-state index is 13.0. The number of hydrogen-bond donors (Lipinski definition) is 2. The van der Waals surface area contributed by atoms with Gasteiger partial charge in [-0.25, -0.2) is 4.39 Å². The van der Waals surface area contributed by atoms with E-state index in [9.17, 15) is 9.18 Å². The maximum Gasteiger partial charge on any atom is 0.238 e. The normalized spacial score (nSPS) is 12.1. The standard InChI is InChI=1S/C14H15FN2OS/c1-10(13-6-3-7-19-13)16-9-14(18)17-12-5-2-4-11(15)8-12/h2-8,10,16H,9H2,1H3,(H,17,18)/t10-/m0/s1. The van der Waals surface area contributed by atoms with Crippen molar-refractivity contribution in [1.82, 2.24) is 5.32 Å². The number of rotatable bonds is 5. The van der Waals surface area contributed by atoms with Gasteiger partial charge in [0.1, 0.15) is 5.82 Å². The first-order valence-corrected chi connectivity index (χ1v) is 6.85. The predicted molar refractivity (Wildman–Crippen MR) is 75.8 cm³/mol. The van der Waals surface area contributed by atoms with Gasteiger partial charge in [-0.05, 0) is 36.6 Å². The molecule has 2 N–H and O–H groups in total. The van der Waals surface area contributed by atoms with Gasteiger partial charge in [-0.2, -0.15) is 0 Å². The van der Waals surface area contributed by atoms with Gasteiger partial charge in [0.15, 0.2) is 0 Å². The van der Waals surface area contributed by atoms with E-state index in [0.29, 0.717) is 5.69 Å². The molecule has 5 heteroatoms. The van der Waals surface area contributed by atoms with E-state index in [4.69, 9.17) is 0 Å². The molecule has 0 spiro atoms. The van der Waals surface area contributed by atoms with Crippen LogP contribution in [-0.4, -0.2) is 12.5 Å². The molecule has 1 amide bonds. The maximum atomic E-state index is 13.0. The molecule has 0 aliphatic heterocycles. The lowest BCUT2D eigenvalue weighted by molar-refractivity contribution is -0.115. The van der Waals surface area contributed by atoms with Crippen molar-refractivity contribution in [2.45, 2.75) is 13.0 Å². The molecule has 2 aromatic rings. The highest BCUT2D eigenvalue weighted by molar-refractivity contribution is 7.10. The van der Waals surface area contributed by atoms with Crippen LogP contribution in [0.2, 0.25) is 0 Å². The van der Waals surface area contributed by atoms with Crippen molar-refractivity contribution in [2.75, 3.05) is 11.9 Å². The van der Waals surface area contributed by atoms with Crippen LogP contribution in [0.1, 0.15) is 17.8 Å². The number of amides is 1. The molecule has 3 nitrogen and oxygen atoms in total. The third kappa shape index (κ3) is 4.15. The lowest BCUT2D eigenvalue weighted by Gasteiger charge is -2.12. The highest BCUT2D eigenvalue weighted by Crippen LogP contribution is 2.17. The van der Waals surface area contributed by atoms with E-state index in [1.54, 1.807) is 23.5 Å². The van der Waals surface area contributed by atoms with Crippen LogP contribution >= 0.6 is 11.3 Å². The van der Waals surface area contributed by atoms with Crippen LogP contribution in [0.4, 0.5) is 10.1 Å². The molecule has 2 rings (SSSR count). The van der Waals surface area contributed by atoms with Crippen molar-refractivity contribution < 1.29 is 9.18 Å². The Balaban J connectivity index is 1.82. The number of halogens is 1. The van der Waals surface area contributed by atoms with Gasteiger partial charge >= 0.3 is 0 Å². The SMILES string of the molecule is C[C@H](NCC(=O)Nc1cccc(F)c1)c1cccs1. The van der Waals surface area contributed by atoms with Gasteiger partial charge in [0, 0.05) is 16.6 Å². The van der Waals surface area contributed by atoms with Gasteiger partial charge in [-0.1, -0.05) is 12.1 Å². The second kappa shape index (κ2) is 6.45. The van der Waals surface area contributed by atoms with E-state index >= 15 is 0 Å². The first-order chi connectivity index (χ1) is 9.15. The fraction of sp³-hybridized carbons (Fsp3) is 0.214. The molecule has 100 valence electrons. The molecular formula is C14H15FN2OS. The fourth-order valence-electron chi connectivity index (χ4n) is 1.66. The molecule has 1 aromatic heterocycles.